The molecular weight excluding hydrogens is 799 g/mol. The molecule has 0 saturated carbocycles. The van der Waals surface area contributed by atoms with Gasteiger partial charge < -0.3 is 64.2 Å². The number of cyclic esters (lactones) is 1. The predicted octanol–water partition coefficient (Wildman–Crippen LogP) is 3.45. The van der Waals surface area contributed by atoms with Crippen molar-refractivity contribution in [3.05, 3.63) is 35.9 Å². The maximum atomic E-state index is 14.5. The molecule has 0 aliphatic carbocycles. The maximum Gasteiger partial charge on any atom is 0.311 e. The van der Waals surface area contributed by atoms with E-state index in [1.807, 2.05) is 64.9 Å². The second kappa shape index (κ2) is 22.6. The van der Waals surface area contributed by atoms with E-state index in [2.05, 4.69) is 22.3 Å². The van der Waals surface area contributed by atoms with Gasteiger partial charge in [0.25, 0.3) is 0 Å². The van der Waals surface area contributed by atoms with Crippen LogP contribution < -0.4 is 5.32 Å². The SMILES string of the molecule is CC[C@H]1OC(=O)[C@H](C)[C@@H](OC2C[C@@](C)(OC)[C@@H](O)[C@H](C)O2)[C@H](C)[C@H](O[C@@H]2O[C@H](C)C[C@H](N(C)C)[C@H]2O)[C@](C)(O)C[C@@H](C)CN(CCCNCc2ccccc2)[C@H](C)[C@H](O)[C@]1(C)O. The molecule has 4 rings (SSSR count). The van der Waals surface area contributed by atoms with Gasteiger partial charge in [-0.1, -0.05) is 51.1 Å². The van der Waals surface area contributed by atoms with E-state index in [-0.39, 0.29) is 37.3 Å². The molecule has 15 heteroatoms. The zero-order valence-corrected chi connectivity index (χ0v) is 39.9. The highest BCUT2D eigenvalue weighted by atomic mass is 16.7. The van der Waals surface area contributed by atoms with Crippen LogP contribution in [0.25, 0.3) is 0 Å². The molecule has 3 saturated heterocycles. The van der Waals surface area contributed by atoms with Gasteiger partial charge in [-0.05, 0) is 113 Å². The van der Waals surface area contributed by atoms with Gasteiger partial charge in [0, 0.05) is 44.6 Å². The lowest BCUT2D eigenvalue weighted by atomic mass is 9.77. The monoisotopic (exact) mass is 882 g/mol. The van der Waals surface area contributed by atoms with Crippen molar-refractivity contribution in [3.63, 3.8) is 0 Å². The summed E-state index contributed by atoms with van der Waals surface area (Å²) in [6, 6.07) is 9.29. The third kappa shape index (κ3) is 12.9. The zero-order valence-electron chi connectivity index (χ0n) is 39.9. The van der Waals surface area contributed by atoms with Crippen LogP contribution in [0.4, 0.5) is 0 Å². The van der Waals surface area contributed by atoms with Crippen molar-refractivity contribution >= 4 is 5.97 Å². The van der Waals surface area contributed by atoms with Crippen molar-refractivity contribution in [1.29, 1.82) is 0 Å². The molecule has 0 spiro atoms. The van der Waals surface area contributed by atoms with Gasteiger partial charge in [-0.25, -0.2) is 0 Å². The molecule has 0 bridgehead atoms. The molecule has 0 aromatic heterocycles. The first-order valence-corrected chi connectivity index (χ1v) is 23.0. The molecular formula is C47H83N3O12. The summed E-state index contributed by atoms with van der Waals surface area (Å²) < 4.78 is 38.1. The largest absolute Gasteiger partial charge is 0.459 e. The molecule has 0 radical (unpaired) electrons. The molecule has 0 amide bonds. The smallest absolute Gasteiger partial charge is 0.311 e. The summed E-state index contributed by atoms with van der Waals surface area (Å²) in [5, 5.41) is 63.2. The molecule has 18 atom stereocenters. The molecule has 1 aromatic rings. The number of benzene rings is 1. The fourth-order valence-electron chi connectivity index (χ4n) is 10.1. The number of nitrogens with one attached hydrogen (secondary N) is 1. The first kappa shape index (κ1) is 52.8. The van der Waals surface area contributed by atoms with Crippen LogP contribution in [-0.4, -0.2) is 172 Å². The van der Waals surface area contributed by atoms with Gasteiger partial charge in [-0.15, -0.1) is 0 Å². The van der Waals surface area contributed by atoms with Gasteiger partial charge in [0.1, 0.15) is 30.0 Å². The van der Waals surface area contributed by atoms with E-state index in [9.17, 15) is 30.3 Å². The van der Waals surface area contributed by atoms with Crippen molar-refractivity contribution in [2.75, 3.05) is 40.8 Å². The third-order valence-electron chi connectivity index (χ3n) is 14.0. The third-order valence-corrected chi connectivity index (χ3v) is 14.0. The first-order chi connectivity index (χ1) is 29.0. The average molecular weight is 882 g/mol. The maximum absolute atomic E-state index is 14.5. The summed E-state index contributed by atoms with van der Waals surface area (Å²) in [7, 11) is 5.30. The molecule has 1 aromatic carbocycles. The van der Waals surface area contributed by atoms with Gasteiger partial charge in [-0.2, -0.15) is 0 Å². The number of aliphatic hydroxyl groups excluding tert-OH is 3. The second-order valence-corrected chi connectivity index (χ2v) is 19.7. The quantitative estimate of drug-likeness (QED) is 0.125. The minimum Gasteiger partial charge on any atom is -0.459 e. The zero-order chi connectivity index (χ0) is 46.3. The Hall–Kier alpha value is -1.83. The molecule has 3 heterocycles. The summed E-state index contributed by atoms with van der Waals surface area (Å²) in [4.78, 5) is 18.6. The van der Waals surface area contributed by atoms with E-state index in [0.717, 1.165) is 6.42 Å². The van der Waals surface area contributed by atoms with Crippen molar-refractivity contribution in [2.45, 2.75) is 198 Å². The standard InChI is InChI=1S/C47H83N3O12/c1-14-36-47(10,56)40(52)32(6)50(22-18-21-48-26-34-19-16-15-17-20-34)27-28(2)24-45(8,55)42(62-44-38(51)35(49(11)12)23-29(3)58-44)30(4)39(31(5)43(54)60-36)61-37-25-46(9,57-13)41(53)33(7)59-37/h15-17,19-20,28-33,35-42,44,48,51-53,55-56H,14,18,21-27H2,1-13H3/t28-,29-,30+,31-,32-,33+,35+,36-,37?,38-,39+,40+,41+,42+,44+,45-,46-,47-/m1/s1. The van der Waals surface area contributed by atoms with E-state index in [4.69, 9.17) is 28.4 Å². The highest BCUT2D eigenvalue weighted by molar-refractivity contribution is 5.73. The Morgan fingerprint density at radius 3 is 2.21 bits per heavy atom. The van der Waals surface area contributed by atoms with E-state index in [1.165, 1.54) is 19.6 Å². The van der Waals surface area contributed by atoms with Crippen molar-refractivity contribution in [1.82, 2.24) is 15.1 Å². The minimum atomic E-state index is -1.84. The average Bonchev–Trinajstić information content (AvgIpc) is 3.21. The molecule has 3 aliphatic rings. The van der Waals surface area contributed by atoms with E-state index < -0.39 is 96.0 Å². The fraction of sp³-hybridized carbons (Fsp3) is 0.851. The normalized spacial score (nSPS) is 43.5. The number of ether oxygens (including phenoxy) is 6. The van der Waals surface area contributed by atoms with Crippen molar-refractivity contribution < 1.29 is 58.7 Å². The van der Waals surface area contributed by atoms with Gasteiger partial charge >= 0.3 is 5.97 Å². The van der Waals surface area contributed by atoms with Crippen molar-refractivity contribution in [3.8, 4) is 0 Å². The number of hydrogen-bond donors (Lipinski definition) is 6. The van der Waals surface area contributed by atoms with Gasteiger partial charge in [-0.3, -0.25) is 9.69 Å². The van der Waals surface area contributed by atoms with Crippen LogP contribution in [0.5, 0.6) is 0 Å². The van der Waals surface area contributed by atoms with Crippen LogP contribution in [0.3, 0.4) is 0 Å². The van der Waals surface area contributed by atoms with E-state index in [1.54, 1.807) is 34.6 Å². The van der Waals surface area contributed by atoms with Gasteiger partial charge in [0.05, 0.1) is 41.5 Å². The number of methoxy groups -OCH3 is 1. The molecule has 6 N–H and O–H groups in total. The topological polar surface area (TPSA) is 192 Å². The second-order valence-electron chi connectivity index (χ2n) is 19.7. The Labute approximate surface area is 371 Å². The summed E-state index contributed by atoms with van der Waals surface area (Å²) in [5.74, 6) is -2.67. The Kier molecular flexibility index (Phi) is 19.2. The number of nitrogens with zero attached hydrogens (tertiary/aromatic N) is 2. The van der Waals surface area contributed by atoms with Crippen LogP contribution in [0.15, 0.2) is 30.3 Å². The van der Waals surface area contributed by atoms with Crippen LogP contribution >= 0.6 is 0 Å². The number of aliphatic hydroxyl groups is 5. The lowest BCUT2D eigenvalue weighted by molar-refractivity contribution is -0.318. The summed E-state index contributed by atoms with van der Waals surface area (Å²) in [6.07, 6.45) is -7.71. The lowest BCUT2D eigenvalue weighted by Gasteiger charge is -2.48. The van der Waals surface area contributed by atoms with Gasteiger partial charge in [0.2, 0.25) is 0 Å². The van der Waals surface area contributed by atoms with Crippen LogP contribution in [0.2, 0.25) is 0 Å². The molecule has 15 nitrogen and oxygen atoms in total. The van der Waals surface area contributed by atoms with Crippen LogP contribution in [0, 0.1) is 17.8 Å². The molecule has 3 aliphatic heterocycles. The lowest BCUT2D eigenvalue weighted by Crippen LogP contribution is -2.60. The number of rotatable bonds is 13. The minimum absolute atomic E-state index is 0.124. The van der Waals surface area contributed by atoms with Crippen molar-refractivity contribution in [2.24, 2.45) is 17.8 Å². The number of esters is 1. The van der Waals surface area contributed by atoms with Crippen LogP contribution in [-0.2, 0) is 39.8 Å². The first-order valence-electron chi connectivity index (χ1n) is 23.0. The predicted molar refractivity (Wildman–Crippen MR) is 236 cm³/mol. The summed E-state index contributed by atoms with van der Waals surface area (Å²) in [5.41, 5.74) is -3.30. The highest BCUT2D eigenvalue weighted by Gasteiger charge is 2.53. The number of carbonyl (C=O) groups is 1. The van der Waals surface area contributed by atoms with E-state index >= 15 is 0 Å². The fourth-order valence-corrected chi connectivity index (χ4v) is 10.1. The molecule has 3 fully saturated rings. The van der Waals surface area contributed by atoms with Gasteiger partial charge in [0.15, 0.2) is 12.6 Å². The number of likely N-dealkylation sites (N-methyl/N-ethyl adjacent to an activating group) is 1. The molecule has 62 heavy (non-hydrogen) atoms. The Morgan fingerprint density at radius 2 is 1.60 bits per heavy atom. The Balaban J connectivity index is 1.76. The van der Waals surface area contributed by atoms with Crippen LogP contribution in [0.1, 0.15) is 107 Å². The molecule has 1 unspecified atom stereocenters. The van der Waals surface area contributed by atoms with E-state index in [0.29, 0.717) is 32.6 Å². The molecule has 358 valence electrons. The highest BCUT2D eigenvalue weighted by Crippen LogP contribution is 2.40. The number of carbonyl (C=O) groups excluding carboxylic acids is 1. The Morgan fingerprint density at radius 1 is 0.935 bits per heavy atom. The summed E-state index contributed by atoms with van der Waals surface area (Å²) >= 11 is 0. The Bertz CT molecular complexity index is 1510. The summed E-state index contributed by atoms with van der Waals surface area (Å²) in [6.45, 7) is 20.3. The number of hydrogen-bond acceptors (Lipinski definition) is 15.